The van der Waals surface area contributed by atoms with Crippen molar-refractivity contribution in [3.63, 3.8) is 0 Å². The zero-order chi connectivity index (χ0) is 22.8. The monoisotopic (exact) mass is 444 g/mol. The van der Waals surface area contributed by atoms with E-state index in [2.05, 4.69) is 45.7 Å². The van der Waals surface area contributed by atoms with Crippen LogP contribution in [-0.4, -0.2) is 55.1 Å². The van der Waals surface area contributed by atoms with E-state index in [-0.39, 0.29) is 0 Å². The third kappa shape index (κ3) is 3.81. The average Bonchev–Trinajstić information content (AvgIpc) is 3.44. The molecule has 2 N–H and O–H groups in total. The molecule has 1 saturated heterocycles. The topological polar surface area (TPSA) is 99.8 Å². The number of aromatic amines is 1. The quantitative estimate of drug-likeness (QED) is 0.467. The van der Waals surface area contributed by atoms with Crippen LogP contribution >= 0.6 is 0 Å². The highest BCUT2D eigenvalue weighted by atomic mass is 16.5. The molecule has 3 heterocycles. The number of imidazole rings is 1. The Bertz CT molecular complexity index is 1310. The van der Waals surface area contributed by atoms with Crippen molar-refractivity contribution >= 4 is 22.8 Å². The number of hydrogen-bond donors (Lipinski definition) is 2. The number of morpholine rings is 1. The summed E-state index contributed by atoms with van der Waals surface area (Å²) < 4.78 is 18.0. The number of rotatable bonds is 6. The number of ether oxygens (including phenoxy) is 3. The second kappa shape index (κ2) is 8.76. The Hall–Kier alpha value is -4.16. The normalized spacial score (nSPS) is 13.7. The van der Waals surface area contributed by atoms with E-state index in [1.807, 2.05) is 18.2 Å². The molecule has 2 aromatic heterocycles. The molecule has 1 fully saturated rings. The number of nitrogens with one attached hydrogen (secondary N) is 2. The highest BCUT2D eigenvalue weighted by molar-refractivity contribution is 5.81. The van der Waals surface area contributed by atoms with Crippen molar-refractivity contribution in [3.8, 4) is 28.8 Å². The van der Waals surface area contributed by atoms with Gasteiger partial charge in [-0.3, -0.25) is 5.10 Å². The molecule has 9 heteroatoms. The fraction of sp³-hybridized carbons (Fsp3) is 0.250. The number of benzene rings is 2. The lowest BCUT2D eigenvalue weighted by molar-refractivity contribution is 0.122. The largest absolute Gasteiger partial charge is 0.493 e. The Morgan fingerprint density at radius 1 is 1.06 bits per heavy atom. The van der Waals surface area contributed by atoms with Gasteiger partial charge in [0.15, 0.2) is 23.0 Å². The van der Waals surface area contributed by atoms with Crippen molar-refractivity contribution in [2.75, 3.05) is 50.7 Å². The van der Waals surface area contributed by atoms with Crippen LogP contribution in [0.4, 0.5) is 17.2 Å². The fourth-order valence-corrected chi connectivity index (χ4v) is 4.02. The van der Waals surface area contributed by atoms with Crippen LogP contribution in [0, 0.1) is 11.3 Å². The summed E-state index contributed by atoms with van der Waals surface area (Å²) in [5, 5.41) is 16.1. The lowest BCUT2D eigenvalue weighted by Gasteiger charge is -2.28. The van der Waals surface area contributed by atoms with Gasteiger partial charge in [-0.15, -0.1) is 0 Å². The Labute approximate surface area is 191 Å². The van der Waals surface area contributed by atoms with Crippen LogP contribution < -0.4 is 19.7 Å². The molecule has 0 radical (unpaired) electrons. The molecular weight excluding hydrogens is 420 g/mol. The first-order valence-electron chi connectivity index (χ1n) is 10.6. The molecule has 168 valence electrons. The smallest absolute Gasteiger partial charge is 0.173 e. The van der Waals surface area contributed by atoms with Gasteiger partial charge in [0.2, 0.25) is 0 Å². The first-order valence-corrected chi connectivity index (χ1v) is 10.6. The molecule has 0 aliphatic carbocycles. The number of anilines is 3. The second-order valence-corrected chi connectivity index (χ2v) is 7.61. The van der Waals surface area contributed by atoms with Crippen LogP contribution in [0.3, 0.4) is 0 Å². The van der Waals surface area contributed by atoms with Crippen molar-refractivity contribution in [2.45, 2.75) is 0 Å². The van der Waals surface area contributed by atoms with Gasteiger partial charge in [-0.05, 0) is 24.3 Å². The lowest BCUT2D eigenvalue weighted by Crippen LogP contribution is -2.36. The second-order valence-electron chi connectivity index (χ2n) is 7.61. The molecule has 0 bridgehead atoms. The van der Waals surface area contributed by atoms with E-state index in [4.69, 9.17) is 19.2 Å². The molecule has 4 aromatic rings. The first-order chi connectivity index (χ1) is 16.2. The fourth-order valence-electron chi connectivity index (χ4n) is 4.02. The maximum atomic E-state index is 9.50. The maximum Gasteiger partial charge on any atom is 0.173 e. The molecule has 5 rings (SSSR count). The first kappa shape index (κ1) is 20.7. The van der Waals surface area contributed by atoms with Gasteiger partial charge >= 0.3 is 0 Å². The van der Waals surface area contributed by atoms with E-state index in [1.165, 1.54) is 0 Å². The number of fused-ring (bicyclic) bond motifs is 1. The number of methoxy groups -OCH3 is 2. The van der Waals surface area contributed by atoms with Crippen LogP contribution in [0.15, 0.2) is 48.7 Å². The van der Waals surface area contributed by atoms with Gasteiger partial charge in [-0.25, -0.2) is 9.50 Å². The number of nitriles is 1. The Morgan fingerprint density at radius 2 is 1.82 bits per heavy atom. The zero-order valence-electron chi connectivity index (χ0n) is 18.5. The van der Waals surface area contributed by atoms with Crippen molar-refractivity contribution in [1.82, 2.24) is 14.6 Å². The van der Waals surface area contributed by atoms with Gasteiger partial charge in [0.1, 0.15) is 17.3 Å². The Balaban J connectivity index is 1.54. The third-order valence-electron chi connectivity index (χ3n) is 5.74. The van der Waals surface area contributed by atoms with Gasteiger partial charge in [-0.2, -0.15) is 5.26 Å². The van der Waals surface area contributed by atoms with Crippen LogP contribution in [0.1, 0.15) is 5.56 Å². The summed E-state index contributed by atoms with van der Waals surface area (Å²) in [6, 6.07) is 16.1. The van der Waals surface area contributed by atoms with Gasteiger partial charge < -0.3 is 24.4 Å². The molecule has 2 aromatic carbocycles. The Morgan fingerprint density at radius 3 is 2.52 bits per heavy atom. The highest BCUT2D eigenvalue weighted by Crippen LogP contribution is 2.35. The van der Waals surface area contributed by atoms with Gasteiger partial charge in [0.25, 0.3) is 0 Å². The van der Waals surface area contributed by atoms with Crippen LogP contribution in [0.25, 0.3) is 16.9 Å². The number of H-pyrrole nitrogens is 1. The minimum Gasteiger partial charge on any atom is -0.493 e. The van der Waals surface area contributed by atoms with Crippen molar-refractivity contribution in [3.05, 3.63) is 54.2 Å². The lowest BCUT2D eigenvalue weighted by atomic mass is 10.1. The predicted molar refractivity (Wildman–Crippen MR) is 126 cm³/mol. The number of nitrogens with zero attached hydrogens (tertiary/aromatic N) is 4. The summed E-state index contributed by atoms with van der Waals surface area (Å²) in [5.41, 5.74) is 4.67. The van der Waals surface area contributed by atoms with Crippen LogP contribution in [0.2, 0.25) is 0 Å². The molecule has 0 unspecified atom stereocenters. The molecule has 0 saturated carbocycles. The molecule has 0 spiro atoms. The van der Waals surface area contributed by atoms with Crippen molar-refractivity contribution in [2.24, 2.45) is 0 Å². The molecule has 33 heavy (non-hydrogen) atoms. The van der Waals surface area contributed by atoms with E-state index in [1.54, 1.807) is 24.9 Å². The van der Waals surface area contributed by atoms with Crippen LogP contribution in [-0.2, 0) is 4.74 Å². The molecular formula is C24H24N6O3. The SMILES string of the molecule is COc1ccc(Nc2c(-c3ccc(N4CCOCC4)cc3)nc3c(C#N)c[nH]n23)cc1OC. The van der Waals surface area contributed by atoms with Crippen LogP contribution in [0.5, 0.6) is 11.5 Å². The summed E-state index contributed by atoms with van der Waals surface area (Å²) in [6.07, 6.45) is 1.65. The average molecular weight is 444 g/mol. The summed E-state index contributed by atoms with van der Waals surface area (Å²) in [4.78, 5) is 7.09. The highest BCUT2D eigenvalue weighted by Gasteiger charge is 2.19. The van der Waals surface area contributed by atoms with Gasteiger partial charge in [0.05, 0.1) is 27.4 Å². The van der Waals surface area contributed by atoms with Crippen molar-refractivity contribution in [1.29, 1.82) is 5.26 Å². The third-order valence-corrected chi connectivity index (χ3v) is 5.74. The number of aromatic nitrogens is 3. The molecule has 1 aliphatic rings. The van der Waals surface area contributed by atoms with E-state index in [0.29, 0.717) is 22.7 Å². The zero-order valence-corrected chi connectivity index (χ0v) is 18.5. The Kier molecular flexibility index (Phi) is 5.50. The molecule has 0 atom stereocenters. The number of hydrogen-bond acceptors (Lipinski definition) is 7. The van der Waals surface area contributed by atoms with Gasteiger partial charge in [-0.1, -0.05) is 12.1 Å². The molecule has 1 aliphatic heterocycles. The summed E-state index contributed by atoms with van der Waals surface area (Å²) in [6.45, 7) is 3.24. The van der Waals surface area contributed by atoms with E-state index in [9.17, 15) is 5.26 Å². The summed E-state index contributed by atoms with van der Waals surface area (Å²) in [5.74, 6) is 1.98. The van der Waals surface area contributed by atoms with E-state index >= 15 is 0 Å². The molecule has 9 nitrogen and oxygen atoms in total. The van der Waals surface area contributed by atoms with Crippen molar-refractivity contribution < 1.29 is 14.2 Å². The predicted octanol–water partition coefficient (Wildman–Crippen LogP) is 3.80. The maximum absolute atomic E-state index is 9.50. The minimum atomic E-state index is 0.474. The summed E-state index contributed by atoms with van der Waals surface area (Å²) >= 11 is 0. The van der Waals surface area contributed by atoms with Gasteiger partial charge in [0, 0.05) is 42.3 Å². The minimum absolute atomic E-state index is 0.474. The standard InChI is InChI=1S/C24H24N6O3/c1-31-20-8-5-18(13-21(20)32-2)27-24-22(28-23-17(14-25)15-26-30(23)24)16-3-6-19(7-4-16)29-9-11-33-12-10-29/h3-8,13,15,26-27H,9-12H2,1-2H3. The molecule has 0 amide bonds. The van der Waals surface area contributed by atoms with E-state index < -0.39 is 0 Å². The summed E-state index contributed by atoms with van der Waals surface area (Å²) in [7, 11) is 3.21. The van der Waals surface area contributed by atoms with E-state index in [0.717, 1.165) is 54.8 Å².